The third-order valence-electron chi connectivity index (χ3n) is 3.11. The molecule has 0 saturated heterocycles. The van der Waals surface area contributed by atoms with Crippen LogP contribution >= 0.6 is 0 Å². The minimum atomic E-state index is -0.724. The van der Waals surface area contributed by atoms with E-state index < -0.39 is 5.97 Å². The predicted molar refractivity (Wildman–Crippen MR) is 65.7 cm³/mol. The number of aryl methyl sites for hydroxylation is 1. The van der Waals surface area contributed by atoms with Gasteiger partial charge < -0.3 is 5.11 Å². The van der Waals surface area contributed by atoms with Gasteiger partial charge in [-0.3, -0.25) is 4.79 Å². The van der Waals surface area contributed by atoms with E-state index in [0.29, 0.717) is 6.42 Å². The van der Waals surface area contributed by atoms with Crippen molar-refractivity contribution in [2.24, 2.45) is 0 Å². The first kappa shape index (κ1) is 12.8. The summed E-state index contributed by atoms with van der Waals surface area (Å²) < 4.78 is 0. The highest BCUT2D eigenvalue weighted by Gasteiger charge is 2.21. The summed E-state index contributed by atoms with van der Waals surface area (Å²) in [5, 5.41) is 8.71. The topological polar surface area (TPSA) is 37.3 Å². The molecule has 2 nitrogen and oxygen atoms in total. The Balaban J connectivity index is 2.76. The van der Waals surface area contributed by atoms with Crippen molar-refractivity contribution >= 4 is 5.97 Å². The molecular formula is C14H20O2. The standard InChI is InChI=1S/C14H20O2/c1-4-11-5-7-12(8-6-11)14(2,3)10-9-13(15)16/h5-8H,4,9-10H2,1-3H3,(H,15,16). The Bertz CT molecular complexity index is 350. The summed E-state index contributed by atoms with van der Waals surface area (Å²) in [5.74, 6) is -0.724. The average Bonchev–Trinajstić information content (AvgIpc) is 2.27. The maximum absolute atomic E-state index is 10.6. The van der Waals surface area contributed by atoms with Gasteiger partial charge in [0.1, 0.15) is 0 Å². The Morgan fingerprint density at radius 2 is 1.81 bits per heavy atom. The number of carboxylic acid groups (broad SMARTS) is 1. The number of carbonyl (C=O) groups is 1. The van der Waals surface area contributed by atoms with E-state index in [4.69, 9.17) is 5.11 Å². The predicted octanol–water partition coefficient (Wildman–Crippen LogP) is 3.39. The average molecular weight is 220 g/mol. The highest BCUT2D eigenvalue weighted by Crippen LogP contribution is 2.28. The lowest BCUT2D eigenvalue weighted by Crippen LogP contribution is -2.18. The number of aliphatic carboxylic acids is 1. The molecule has 88 valence electrons. The van der Waals surface area contributed by atoms with E-state index in [1.54, 1.807) is 0 Å². The fourth-order valence-electron chi connectivity index (χ4n) is 1.76. The minimum absolute atomic E-state index is 0.0648. The van der Waals surface area contributed by atoms with Crippen molar-refractivity contribution in [2.45, 2.75) is 45.4 Å². The Morgan fingerprint density at radius 1 is 1.25 bits per heavy atom. The lowest BCUT2D eigenvalue weighted by molar-refractivity contribution is -0.137. The Labute approximate surface area is 97.3 Å². The number of benzene rings is 1. The highest BCUT2D eigenvalue weighted by atomic mass is 16.4. The van der Waals surface area contributed by atoms with Crippen LogP contribution in [0, 0.1) is 0 Å². The van der Waals surface area contributed by atoms with E-state index in [1.807, 2.05) is 0 Å². The van der Waals surface area contributed by atoms with Crippen LogP contribution in [0.25, 0.3) is 0 Å². The summed E-state index contributed by atoms with van der Waals surface area (Å²) in [5.41, 5.74) is 2.47. The van der Waals surface area contributed by atoms with E-state index >= 15 is 0 Å². The third-order valence-corrected chi connectivity index (χ3v) is 3.11. The minimum Gasteiger partial charge on any atom is -0.481 e. The van der Waals surface area contributed by atoms with Crippen LogP contribution in [0.5, 0.6) is 0 Å². The van der Waals surface area contributed by atoms with Gasteiger partial charge in [-0.2, -0.15) is 0 Å². The van der Waals surface area contributed by atoms with Crippen molar-refractivity contribution in [3.63, 3.8) is 0 Å². The van der Waals surface area contributed by atoms with Crippen LogP contribution in [0.3, 0.4) is 0 Å². The van der Waals surface area contributed by atoms with Crippen LogP contribution in [0.1, 0.15) is 44.7 Å². The fourth-order valence-corrected chi connectivity index (χ4v) is 1.76. The maximum Gasteiger partial charge on any atom is 0.303 e. The largest absolute Gasteiger partial charge is 0.481 e. The van der Waals surface area contributed by atoms with Crippen LogP contribution in [0.2, 0.25) is 0 Å². The zero-order valence-electron chi connectivity index (χ0n) is 10.3. The molecule has 1 N–H and O–H groups in total. The summed E-state index contributed by atoms with van der Waals surface area (Å²) in [6.45, 7) is 6.32. The van der Waals surface area contributed by atoms with Gasteiger partial charge in [-0.1, -0.05) is 45.0 Å². The molecule has 1 rings (SSSR count). The van der Waals surface area contributed by atoms with Gasteiger partial charge in [0.15, 0.2) is 0 Å². The summed E-state index contributed by atoms with van der Waals surface area (Å²) in [6.07, 6.45) is 1.94. The molecule has 2 heteroatoms. The molecular weight excluding hydrogens is 200 g/mol. The second-order valence-corrected chi connectivity index (χ2v) is 4.83. The normalized spacial score (nSPS) is 11.4. The van der Waals surface area contributed by atoms with Gasteiger partial charge in [-0.05, 0) is 29.4 Å². The number of hydrogen-bond acceptors (Lipinski definition) is 1. The zero-order valence-corrected chi connectivity index (χ0v) is 10.3. The molecule has 0 aliphatic heterocycles. The highest BCUT2D eigenvalue weighted by molar-refractivity contribution is 5.66. The quantitative estimate of drug-likeness (QED) is 0.825. The van der Waals surface area contributed by atoms with Crippen molar-refractivity contribution in [2.75, 3.05) is 0 Å². The van der Waals surface area contributed by atoms with Gasteiger partial charge in [0.2, 0.25) is 0 Å². The van der Waals surface area contributed by atoms with E-state index in [0.717, 1.165) is 6.42 Å². The number of hydrogen-bond donors (Lipinski definition) is 1. The van der Waals surface area contributed by atoms with Crippen LogP contribution < -0.4 is 0 Å². The van der Waals surface area contributed by atoms with Gasteiger partial charge in [0, 0.05) is 6.42 Å². The van der Waals surface area contributed by atoms with Crippen molar-refractivity contribution in [3.8, 4) is 0 Å². The molecule has 16 heavy (non-hydrogen) atoms. The monoisotopic (exact) mass is 220 g/mol. The SMILES string of the molecule is CCc1ccc(C(C)(C)CCC(=O)O)cc1. The lowest BCUT2D eigenvalue weighted by Gasteiger charge is -2.24. The molecule has 0 amide bonds. The van der Waals surface area contributed by atoms with Crippen molar-refractivity contribution < 1.29 is 9.90 Å². The molecule has 0 radical (unpaired) electrons. The van der Waals surface area contributed by atoms with Gasteiger partial charge in [0.25, 0.3) is 0 Å². The van der Waals surface area contributed by atoms with Crippen molar-refractivity contribution in [3.05, 3.63) is 35.4 Å². The van der Waals surface area contributed by atoms with Gasteiger partial charge in [0.05, 0.1) is 0 Å². The summed E-state index contributed by atoms with van der Waals surface area (Å²) in [7, 11) is 0. The second-order valence-electron chi connectivity index (χ2n) is 4.83. The molecule has 0 bridgehead atoms. The summed E-state index contributed by atoms with van der Waals surface area (Å²) in [4.78, 5) is 10.6. The molecule has 0 spiro atoms. The lowest BCUT2D eigenvalue weighted by atomic mass is 9.80. The van der Waals surface area contributed by atoms with Crippen LogP contribution in [0.4, 0.5) is 0 Å². The van der Waals surface area contributed by atoms with Crippen LogP contribution in [0.15, 0.2) is 24.3 Å². The second kappa shape index (κ2) is 5.15. The molecule has 0 saturated carbocycles. The van der Waals surface area contributed by atoms with E-state index in [1.165, 1.54) is 11.1 Å². The molecule has 0 fully saturated rings. The third kappa shape index (κ3) is 3.37. The van der Waals surface area contributed by atoms with E-state index in [9.17, 15) is 4.79 Å². The number of carboxylic acids is 1. The molecule has 0 aromatic heterocycles. The Hall–Kier alpha value is -1.31. The van der Waals surface area contributed by atoms with E-state index in [2.05, 4.69) is 45.0 Å². The molecule has 0 aliphatic rings. The summed E-state index contributed by atoms with van der Waals surface area (Å²) in [6, 6.07) is 8.47. The van der Waals surface area contributed by atoms with Gasteiger partial charge in [-0.15, -0.1) is 0 Å². The molecule has 0 aliphatic carbocycles. The molecule has 0 atom stereocenters. The first-order valence-corrected chi connectivity index (χ1v) is 5.77. The summed E-state index contributed by atoms with van der Waals surface area (Å²) >= 11 is 0. The smallest absolute Gasteiger partial charge is 0.303 e. The maximum atomic E-state index is 10.6. The van der Waals surface area contributed by atoms with Gasteiger partial charge in [-0.25, -0.2) is 0 Å². The Morgan fingerprint density at radius 3 is 2.25 bits per heavy atom. The Kier molecular flexibility index (Phi) is 4.11. The van der Waals surface area contributed by atoms with E-state index in [-0.39, 0.29) is 11.8 Å². The fraction of sp³-hybridized carbons (Fsp3) is 0.500. The van der Waals surface area contributed by atoms with Crippen LogP contribution in [-0.4, -0.2) is 11.1 Å². The van der Waals surface area contributed by atoms with Crippen molar-refractivity contribution in [1.82, 2.24) is 0 Å². The first-order chi connectivity index (χ1) is 7.45. The molecule has 0 unspecified atom stereocenters. The number of rotatable bonds is 5. The van der Waals surface area contributed by atoms with Crippen molar-refractivity contribution in [1.29, 1.82) is 0 Å². The first-order valence-electron chi connectivity index (χ1n) is 5.77. The molecule has 0 heterocycles. The molecule has 1 aromatic carbocycles. The van der Waals surface area contributed by atoms with Crippen LogP contribution in [-0.2, 0) is 16.6 Å². The zero-order chi connectivity index (χ0) is 12.2. The molecule has 1 aromatic rings. The van der Waals surface area contributed by atoms with Gasteiger partial charge >= 0.3 is 5.97 Å².